The summed E-state index contributed by atoms with van der Waals surface area (Å²) in [6, 6.07) is 13.2. The normalized spacial score (nSPS) is 16.6. The Morgan fingerprint density at radius 1 is 0.926 bits per heavy atom. The monoisotopic (exact) mass is 362 g/mol. The molecular weight excluding hydrogens is 336 g/mol. The Balaban J connectivity index is 1.46. The van der Waals surface area contributed by atoms with Crippen LogP contribution in [0.15, 0.2) is 42.5 Å². The number of fused-ring (bicyclic) bond motifs is 3. The van der Waals surface area contributed by atoms with E-state index in [2.05, 4.69) is 18.7 Å². The molecule has 27 heavy (non-hydrogen) atoms. The van der Waals surface area contributed by atoms with Gasteiger partial charge in [-0.1, -0.05) is 44.2 Å². The molecule has 1 heterocycles. The van der Waals surface area contributed by atoms with Gasteiger partial charge in [0.25, 0.3) is 5.91 Å². The van der Waals surface area contributed by atoms with Gasteiger partial charge in [-0.2, -0.15) is 0 Å². The van der Waals surface area contributed by atoms with Gasteiger partial charge >= 0.3 is 0 Å². The third-order valence-electron chi connectivity index (χ3n) is 5.66. The average Bonchev–Trinajstić information content (AvgIpc) is 2.98. The molecule has 0 radical (unpaired) electrons. The van der Waals surface area contributed by atoms with Crippen LogP contribution in [0.25, 0.3) is 11.1 Å². The van der Waals surface area contributed by atoms with Gasteiger partial charge in [0.2, 0.25) is 0 Å². The fourth-order valence-electron chi connectivity index (χ4n) is 3.96. The molecule has 0 bridgehead atoms. The molecule has 1 saturated heterocycles. The van der Waals surface area contributed by atoms with E-state index in [1.54, 1.807) is 6.07 Å². The van der Waals surface area contributed by atoms with Gasteiger partial charge in [-0.15, -0.1) is 0 Å². The fraction of sp³-hybridized carbons (Fsp3) is 0.391. The highest BCUT2D eigenvalue weighted by atomic mass is 16.2. The van der Waals surface area contributed by atoms with Crippen molar-refractivity contribution >= 4 is 11.7 Å². The molecule has 4 rings (SSSR count). The van der Waals surface area contributed by atoms with Gasteiger partial charge in [-0.3, -0.25) is 14.5 Å². The SMILES string of the molecule is CC(C)CCN1CCN(C(=O)c2ccc3c(c2)C(=O)c2ccccc2-3)CC1. The first-order valence-corrected chi connectivity index (χ1v) is 9.84. The van der Waals surface area contributed by atoms with Crippen molar-refractivity contribution in [3.63, 3.8) is 0 Å². The maximum Gasteiger partial charge on any atom is 0.253 e. The van der Waals surface area contributed by atoms with Crippen molar-refractivity contribution in [2.24, 2.45) is 5.92 Å². The smallest absolute Gasteiger partial charge is 0.253 e. The number of hydrogen-bond acceptors (Lipinski definition) is 3. The van der Waals surface area contributed by atoms with Crippen molar-refractivity contribution in [3.8, 4) is 11.1 Å². The first kappa shape index (κ1) is 17.9. The van der Waals surface area contributed by atoms with Crippen molar-refractivity contribution in [2.75, 3.05) is 32.7 Å². The van der Waals surface area contributed by atoms with Crippen molar-refractivity contribution < 1.29 is 9.59 Å². The summed E-state index contributed by atoms with van der Waals surface area (Å²) in [6.45, 7) is 8.94. The number of rotatable bonds is 4. The molecule has 0 aromatic heterocycles. The molecule has 4 nitrogen and oxygen atoms in total. The first-order valence-electron chi connectivity index (χ1n) is 9.84. The van der Waals surface area contributed by atoms with Gasteiger partial charge < -0.3 is 4.90 Å². The van der Waals surface area contributed by atoms with Crippen LogP contribution in [0.4, 0.5) is 0 Å². The Bertz CT molecular complexity index is 880. The van der Waals surface area contributed by atoms with Gasteiger partial charge in [-0.05, 0) is 42.1 Å². The van der Waals surface area contributed by atoms with Gasteiger partial charge in [0.1, 0.15) is 0 Å². The minimum atomic E-state index is 0.0220. The third-order valence-corrected chi connectivity index (χ3v) is 5.66. The summed E-state index contributed by atoms with van der Waals surface area (Å²) in [5.74, 6) is 0.761. The highest BCUT2D eigenvalue weighted by Gasteiger charge is 2.28. The van der Waals surface area contributed by atoms with Crippen LogP contribution in [-0.4, -0.2) is 54.2 Å². The molecule has 0 spiro atoms. The van der Waals surface area contributed by atoms with Crippen molar-refractivity contribution in [1.29, 1.82) is 0 Å². The summed E-state index contributed by atoms with van der Waals surface area (Å²) in [7, 11) is 0. The van der Waals surface area contributed by atoms with E-state index in [1.165, 1.54) is 6.42 Å². The molecule has 0 atom stereocenters. The van der Waals surface area contributed by atoms with E-state index < -0.39 is 0 Å². The topological polar surface area (TPSA) is 40.6 Å². The maximum absolute atomic E-state index is 12.9. The number of amides is 1. The summed E-state index contributed by atoms with van der Waals surface area (Å²) in [5.41, 5.74) is 3.90. The lowest BCUT2D eigenvalue weighted by Gasteiger charge is -2.35. The Kier molecular flexibility index (Phi) is 4.83. The molecular formula is C23H26N2O2. The summed E-state index contributed by atoms with van der Waals surface area (Å²) < 4.78 is 0. The number of hydrogen-bond donors (Lipinski definition) is 0. The van der Waals surface area contributed by atoms with Crippen molar-refractivity contribution in [1.82, 2.24) is 9.80 Å². The van der Waals surface area contributed by atoms with Gasteiger partial charge in [0.15, 0.2) is 5.78 Å². The lowest BCUT2D eigenvalue weighted by atomic mass is 10.0. The molecule has 1 aliphatic carbocycles. The van der Waals surface area contributed by atoms with Crippen LogP contribution in [0.5, 0.6) is 0 Å². The first-order chi connectivity index (χ1) is 13.0. The van der Waals surface area contributed by atoms with Crippen LogP contribution in [0.1, 0.15) is 46.5 Å². The number of carbonyl (C=O) groups excluding carboxylic acids is 2. The molecule has 2 aromatic carbocycles. The van der Waals surface area contributed by atoms with Crippen LogP contribution in [0.3, 0.4) is 0 Å². The molecule has 1 amide bonds. The Hall–Kier alpha value is -2.46. The van der Waals surface area contributed by atoms with Crippen LogP contribution in [0, 0.1) is 5.92 Å². The Labute approximate surface area is 160 Å². The molecule has 0 saturated carbocycles. The molecule has 2 aliphatic rings. The predicted molar refractivity (Wildman–Crippen MR) is 107 cm³/mol. The maximum atomic E-state index is 12.9. The minimum Gasteiger partial charge on any atom is -0.336 e. The van der Waals surface area contributed by atoms with E-state index in [-0.39, 0.29) is 11.7 Å². The Morgan fingerprint density at radius 2 is 1.59 bits per heavy atom. The summed E-state index contributed by atoms with van der Waals surface area (Å²) in [4.78, 5) is 30.0. The van der Waals surface area contributed by atoms with Crippen LogP contribution in [0.2, 0.25) is 0 Å². The quantitative estimate of drug-likeness (QED) is 0.710. The van der Waals surface area contributed by atoms with E-state index in [4.69, 9.17) is 0 Å². The van der Waals surface area contributed by atoms with Gasteiger partial charge in [0, 0.05) is 42.9 Å². The number of nitrogens with zero attached hydrogens (tertiary/aromatic N) is 2. The van der Waals surface area contributed by atoms with E-state index >= 15 is 0 Å². The van der Waals surface area contributed by atoms with E-state index in [0.717, 1.165) is 49.4 Å². The molecule has 0 unspecified atom stereocenters. The third kappa shape index (κ3) is 3.42. The van der Waals surface area contributed by atoms with Gasteiger partial charge in [0.05, 0.1) is 0 Å². The molecule has 140 valence electrons. The van der Waals surface area contributed by atoms with Crippen LogP contribution < -0.4 is 0 Å². The average molecular weight is 362 g/mol. The fourth-order valence-corrected chi connectivity index (χ4v) is 3.96. The molecule has 4 heteroatoms. The van der Waals surface area contributed by atoms with Crippen LogP contribution in [-0.2, 0) is 0 Å². The van der Waals surface area contributed by atoms with E-state index in [1.807, 2.05) is 41.3 Å². The molecule has 0 N–H and O–H groups in total. The number of piperazine rings is 1. The molecule has 1 aliphatic heterocycles. The van der Waals surface area contributed by atoms with Crippen molar-refractivity contribution in [3.05, 3.63) is 59.2 Å². The number of benzene rings is 2. The second-order valence-corrected chi connectivity index (χ2v) is 7.95. The number of carbonyl (C=O) groups is 2. The summed E-state index contributed by atoms with van der Waals surface area (Å²) in [5, 5.41) is 0. The van der Waals surface area contributed by atoms with Gasteiger partial charge in [-0.25, -0.2) is 0 Å². The zero-order valence-electron chi connectivity index (χ0n) is 16.1. The Morgan fingerprint density at radius 3 is 2.30 bits per heavy atom. The second kappa shape index (κ2) is 7.28. The van der Waals surface area contributed by atoms with E-state index in [9.17, 15) is 9.59 Å². The van der Waals surface area contributed by atoms with Crippen molar-refractivity contribution in [2.45, 2.75) is 20.3 Å². The predicted octanol–water partition coefficient (Wildman–Crippen LogP) is 3.70. The summed E-state index contributed by atoms with van der Waals surface area (Å²) >= 11 is 0. The largest absolute Gasteiger partial charge is 0.336 e. The zero-order chi connectivity index (χ0) is 19.0. The molecule has 2 aromatic rings. The minimum absolute atomic E-state index is 0.0220. The van der Waals surface area contributed by atoms with E-state index in [0.29, 0.717) is 17.0 Å². The standard InChI is InChI=1S/C23H26N2O2/c1-16(2)9-10-24-11-13-25(14-12-24)23(27)17-7-8-19-18-5-3-4-6-20(18)22(26)21(19)15-17/h3-8,15-16H,9-14H2,1-2H3. The van der Waals surface area contributed by atoms with Crippen LogP contribution >= 0.6 is 0 Å². The molecule has 1 fully saturated rings. The zero-order valence-corrected chi connectivity index (χ0v) is 16.1. The lowest BCUT2D eigenvalue weighted by molar-refractivity contribution is 0.0632. The second-order valence-electron chi connectivity index (χ2n) is 7.95. The number of ketones is 1. The lowest BCUT2D eigenvalue weighted by Crippen LogP contribution is -2.49. The summed E-state index contributed by atoms with van der Waals surface area (Å²) in [6.07, 6.45) is 1.20. The highest BCUT2D eigenvalue weighted by Crippen LogP contribution is 2.36. The highest BCUT2D eigenvalue weighted by molar-refractivity contribution is 6.22.